The van der Waals surface area contributed by atoms with Gasteiger partial charge in [0.05, 0.1) is 6.10 Å². The van der Waals surface area contributed by atoms with Crippen LogP contribution in [0.2, 0.25) is 0 Å². The molecule has 3 rings (SSSR count). The minimum absolute atomic E-state index is 0.386. The molecule has 1 aromatic rings. The van der Waals surface area contributed by atoms with Crippen molar-refractivity contribution in [2.24, 2.45) is 17.3 Å². The molecule has 2 aliphatic rings. The van der Waals surface area contributed by atoms with Gasteiger partial charge in [0.25, 0.3) is 0 Å². The fourth-order valence-electron chi connectivity index (χ4n) is 4.86. The Morgan fingerprint density at radius 1 is 1.29 bits per heavy atom. The Morgan fingerprint density at radius 3 is 2.90 bits per heavy atom. The van der Waals surface area contributed by atoms with Crippen LogP contribution in [0.4, 0.5) is 0 Å². The average molecular weight is 287 g/mol. The Kier molecular flexibility index (Phi) is 4.66. The second-order valence-corrected chi connectivity index (χ2v) is 7.56. The highest BCUT2D eigenvalue weighted by molar-refractivity contribution is 5.17. The predicted octanol–water partition coefficient (Wildman–Crippen LogP) is 3.92. The summed E-state index contributed by atoms with van der Waals surface area (Å²) in [5.41, 5.74) is 1.53. The number of aliphatic hydroxyl groups excluding tert-OH is 1. The van der Waals surface area contributed by atoms with E-state index in [1.54, 1.807) is 0 Å². The van der Waals surface area contributed by atoms with E-state index in [1.807, 2.05) is 30.3 Å². The van der Waals surface area contributed by atoms with Crippen LogP contribution in [0.1, 0.15) is 57.1 Å². The summed E-state index contributed by atoms with van der Waals surface area (Å²) in [4.78, 5) is 0. The van der Waals surface area contributed by atoms with Crippen LogP contribution in [0.3, 0.4) is 0 Å². The fraction of sp³-hybridized carbons (Fsp3) is 0.684. The molecule has 2 saturated carbocycles. The molecule has 0 aliphatic heterocycles. The zero-order valence-electron chi connectivity index (χ0n) is 13.2. The van der Waals surface area contributed by atoms with Gasteiger partial charge in [-0.15, -0.1) is 0 Å². The standard InChI is InChI=1S/C19H29NO/c1-15-10-16-6-5-9-19(11-15,12-16)14-20-13-18(21)17-7-3-2-4-8-17/h2-4,7-8,15-16,18,20-21H,5-6,9-14H2,1H3/t15?,16?,18-,19?/m1/s1. The highest BCUT2D eigenvalue weighted by Crippen LogP contribution is 2.50. The molecule has 0 radical (unpaired) electrons. The van der Waals surface area contributed by atoms with Crippen LogP contribution in [0, 0.1) is 17.3 Å². The number of fused-ring (bicyclic) bond motifs is 2. The number of benzene rings is 1. The van der Waals surface area contributed by atoms with Crippen molar-refractivity contribution in [2.75, 3.05) is 13.1 Å². The maximum Gasteiger partial charge on any atom is 0.0914 e. The van der Waals surface area contributed by atoms with Gasteiger partial charge < -0.3 is 10.4 Å². The van der Waals surface area contributed by atoms with Crippen LogP contribution >= 0.6 is 0 Å². The van der Waals surface area contributed by atoms with Gasteiger partial charge in [-0.05, 0) is 48.5 Å². The lowest BCUT2D eigenvalue weighted by atomic mass is 9.59. The van der Waals surface area contributed by atoms with Crippen molar-refractivity contribution in [3.63, 3.8) is 0 Å². The summed E-state index contributed by atoms with van der Waals surface area (Å²) in [6, 6.07) is 9.99. The van der Waals surface area contributed by atoms with E-state index in [9.17, 15) is 5.11 Å². The molecule has 0 spiro atoms. The maximum atomic E-state index is 10.3. The highest BCUT2D eigenvalue weighted by atomic mass is 16.3. The van der Waals surface area contributed by atoms with E-state index in [2.05, 4.69) is 12.2 Å². The van der Waals surface area contributed by atoms with Crippen LogP contribution in [0.15, 0.2) is 30.3 Å². The smallest absolute Gasteiger partial charge is 0.0914 e. The Hall–Kier alpha value is -0.860. The Labute approximate surface area is 129 Å². The number of nitrogens with one attached hydrogen (secondary N) is 1. The lowest BCUT2D eigenvalue weighted by molar-refractivity contribution is 0.0421. The van der Waals surface area contributed by atoms with Gasteiger partial charge in [0, 0.05) is 13.1 Å². The molecule has 2 nitrogen and oxygen atoms in total. The van der Waals surface area contributed by atoms with Crippen molar-refractivity contribution in [3.8, 4) is 0 Å². The number of aliphatic hydroxyl groups is 1. The van der Waals surface area contributed by atoms with Crippen molar-refractivity contribution in [2.45, 2.75) is 51.6 Å². The van der Waals surface area contributed by atoms with Gasteiger partial charge in [0.2, 0.25) is 0 Å². The Balaban J connectivity index is 1.52. The van der Waals surface area contributed by atoms with Crippen molar-refractivity contribution in [3.05, 3.63) is 35.9 Å². The van der Waals surface area contributed by atoms with Gasteiger partial charge in [0.15, 0.2) is 0 Å². The third-order valence-electron chi connectivity index (χ3n) is 5.58. The summed E-state index contributed by atoms with van der Waals surface area (Å²) in [5, 5.41) is 13.8. The van der Waals surface area contributed by atoms with Crippen LogP contribution in [-0.4, -0.2) is 18.2 Å². The molecule has 1 aromatic carbocycles. The zero-order valence-corrected chi connectivity index (χ0v) is 13.2. The van der Waals surface area contributed by atoms with Crippen molar-refractivity contribution in [1.29, 1.82) is 0 Å². The molecule has 2 aliphatic carbocycles. The predicted molar refractivity (Wildman–Crippen MR) is 87.1 cm³/mol. The molecule has 0 heterocycles. The molecule has 0 aromatic heterocycles. The fourth-order valence-corrected chi connectivity index (χ4v) is 4.86. The molecule has 0 amide bonds. The molecular formula is C19H29NO. The molecule has 116 valence electrons. The number of rotatable bonds is 5. The molecule has 2 heteroatoms. The summed E-state index contributed by atoms with van der Waals surface area (Å²) < 4.78 is 0. The minimum atomic E-state index is -0.386. The Bertz CT molecular complexity index is 442. The van der Waals surface area contributed by atoms with Crippen LogP contribution in [0.5, 0.6) is 0 Å². The number of hydrogen-bond donors (Lipinski definition) is 2. The van der Waals surface area contributed by atoms with Crippen LogP contribution in [0.25, 0.3) is 0 Å². The van der Waals surface area contributed by atoms with Gasteiger partial charge in [-0.1, -0.05) is 50.1 Å². The summed E-state index contributed by atoms with van der Waals surface area (Å²) in [7, 11) is 0. The van der Waals surface area contributed by atoms with Gasteiger partial charge >= 0.3 is 0 Å². The molecule has 2 N–H and O–H groups in total. The molecule has 0 saturated heterocycles. The molecular weight excluding hydrogens is 258 g/mol. The summed E-state index contributed by atoms with van der Waals surface area (Å²) in [6.45, 7) is 4.17. The summed E-state index contributed by atoms with van der Waals surface area (Å²) in [5.74, 6) is 1.84. The molecule has 4 atom stereocenters. The van der Waals surface area contributed by atoms with Crippen molar-refractivity contribution >= 4 is 0 Å². The first-order valence-corrected chi connectivity index (χ1v) is 8.61. The van der Waals surface area contributed by atoms with Crippen LogP contribution < -0.4 is 5.32 Å². The average Bonchev–Trinajstić information content (AvgIpc) is 2.47. The molecule has 3 unspecified atom stereocenters. The van der Waals surface area contributed by atoms with Gasteiger partial charge in [-0.2, -0.15) is 0 Å². The lowest BCUT2D eigenvalue weighted by Gasteiger charge is -2.48. The van der Waals surface area contributed by atoms with Crippen LogP contribution in [-0.2, 0) is 0 Å². The van der Waals surface area contributed by atoms with Gasteiger partial charge in [0.1, 0.15) is 0 Å². The van der Waals surface area contributed by atoms with Crippen molar-refractivity contribution in [1.82, 2.24) is 5.32 Å². The first-order valence-electron chi connectivity index (χ1n) is 8.61. The first kappa shape index (κ1) is 15.1. The van der Waals surface area contributed by atoms with E-state index in [-0.39, 0.29) is 6.10 Å². The Morgan fingerprint density at radius 2 is 2.10 bits per heavy atom. The molecule has 2 bridgehead atoms. The number of hydrogen-bond acceptors (Lipinski definition) is 2. The van der Waals surface area contributed by atoms with Gasteiger partial charge in [-0.25, -0.2) is 0 Å². The first-order chi connectivity index (χ1) is 10.2. The summed E-state index contributed by atoms with van der Waals surface area (Å²) >= 11 is 0. The summed E-state index contributed by atoms with van der Waals surface area (Å²) in [6.07, 6.45) is 8.06. The third-order valence-corrected chi connectivity index (χ3v) is 5.58. The topological polar surface area (TPSA) is 32.3 Å². The normalized spacial score (nSPS) is 33.6. The zero-order chi connectivity index (χ0) is 14.7. The van der Waals surface area contributed by atoms with E-state index in [4.69, 9.17) is 0 Å². The largest absolute Gasteiger partial charge is 0.387 e. The van der Waals surface area contributed by atoms with E-state index in [1.165, 1.54) is 38.5 Å². The molecule has 2 fully saturated rings. The SMILES string of the molecule is CC1CC2CCCC(CNC[C@@H](O)c3ccccc3)(C1)C2. The minimum Gasteiger partial charge on any atom is -0.387 e. The molecule has 21 heavy (non-hydrogen) atoms. The maximum absolute atomic E-state index is 10.3. The quantitative estimate of drug-likeness (QED) is 0.860. The third kappa shape index (κ3) is 3.67. The van der Waals surface area contributed by atoms with E-state index in [0.29, 0.717) is 12.0 Å². The van der Waals surface area contributed by atoms with E-state index < -0.39 is 0 Å². The highest BCUT2D eigenvalue weighted by Gasteiger charge is 2.41. The van der Waals surface area contributed by atoms with Crippen molar-refractivity contribution < 1.29 is 5.11 Å². The lowest BCUT2D eigenvalue weighted by Crippen LogP contribution is -2.44. The van der Waals surface area contributed by atoms with Gasteiger partial charge in [-0.3, -0.25) is 0 Å². The monoisotopic (exact) mass is 287 g/mol. The van der Waals surface area contributed by atoms with E-state index in [0.717, 1.165) is 23.9 Å². The second-order valence-electron chi connectivity index (χ2n) is 7.56. The van der Waals surface area contributed by atoms with E-state index >= 15 is 0 Å². The second kappa shape index (κ2) is 6.50.